The summed E-state index contributed by atoms with van der Waals surface area (Å²) in [7, 11) is 0. The van der Waals surface area contributed by atoms with E-state index in [-0.39, 0.29) is 18.6 Å². The van der Waals surface area contributed by atoms with Crippen molar-refractivity contribution >= 4 is 6.03 Å². The first-order valence-corrected chi connectivity index (χ1v) is 8.36. The lowest BCUT2D eigenvalue weighted by molar-refractivity contribution is 0.0494. The molecule has 1 heterocycles. The SMILES string of the molecule is CC(C)COCC(NC(=O)NCC1(O)CCCC1)c1ccco1. The Kier molecular flexibility index (Phi) is 6.47. The van der Waals surface area contributed by atoms with Crippen LogP contribution in [-0.2, 0) is 4.74 Å². The van der Waals surface area contributed by atoms with Gasteiger partial charge in [-0.15, -0.1) is 0 Å². The highest BCUT2D eigenvalue weighted by Crippen LogP contribution is 2.28. The quantitative estimate of drug-likeness (QED) is 0.686. The third-order valence-electron chi connectivity index (χ3n) is 4.04. The van der Waals surface area contributed by atoms with E-state index in [9.17, 15) is 9.90 Å². The Morgan fingerprint density at radius 1 is 1.39 bits per heavy atom. The predicted molar refractivity (Wildman–Crippen MR) is 87.1 cm³/mol. The van der Waals surface area contributed by atoms with Crippen LogP contribution >= 0.6 is 0 Å². The summed E-state index contributed by atoms with van der Waals surface area (Å²) < 4.78 is 11.0. The van der Waals surface area contributed by atoms with Gasteiger partial charge in [0.25, 0.3) is 0 Å². The highest BCUT2D eigenvalue weighted by molar-refractivity contribution is 5.74. The summed E-state index contributed by atoms with van der Waals surface area (Å²) in [5.41, 5.74) is -0.758. The van der Waals surface area contributed by atoms with Crippen molar-refractivity contribution in [2.45, 2.75) is 51.2 Å². The largest absolute Gasteiger partial charge is 0.467 e. The first kappa shape index (κ1) is 17.8. The topological polar surface area (TPSA) is 83.7 Å². The number of carbonyl (C=O) groups excluding carboxylic acids is 1. The third-order valence-corrected chi connectivity index (χ3v) is 4.04. The molecule has 1 atom stereocenters. The van der Waals surface area contributed by atoms with Gasteiger partial charge in [-0.1, -0.05) is 26.7 Å². The van der Waals surface area contributed by atoms with E-state index in [1.165, 1.54) is 0 Å². The summed E-state index contributed by atoms with van der Waals surface area (Å²) in [4.78, 5) is 12.1. The fourth-order valence-corrected chi connectivity index (χ4v) is 2.77. The lowest BCUT2D eigenvalue weighted by Gasteiger charge is -2.24. The third kappa shape index (κ3) is 5.88. The number of hydrogen-bond donors (Lipinski definition) is 3. The van der Waals surface area contributed by atoms with Crippen LogP contribution in [0, 0.1) is 5.92 Å². The maximum Gasteiger partial charge on any atom is 0.315 e. The van der Waals surface area contributed by atoms with Gasteiger partial charge >= 0.3 is 6.03 Å². The molecular formula is C17H28N2O4. The van der Waals surface area contributed by atoms with Crippen molar-refractivity contribution in [2.24, 2.45) is 5.92 Å². The number of aliphatic hydroxyl groups is 1. The van der Waals surface area contributed by atoms with Gasteiger partial charge in [-0.3, -0.25) is 0 Å². The molecule has 2 amide bonds. The average molecular weight is 324 g/mol. The summed E-state index contributed by atoms with van der Waals surface area (Å²) in [6.45, 7) is 5.40. The second-order valence-corrected chi connectivity index (χ2v) is 6.76. The number of furan rings is 1. The molecule has 1 saturated carbocycles. The monoisotopic (exact) mass is 324 g/mol. The van der Waals surface area contributed by atoms with Crippen molar-refractivity contribution in [1.82, 2.24) is 10.6 Å². The maximum absolute atomic E-state index is 12.1. The lowest BCUT2D eigenvalue weighted by atomic mass is 10.0. The molecule has 0 aliphatic heterocycles. The van der Waals surface area contributed by atoms with Gasteiger partial charge in [-0.05, 0) is 30.9 Å². The molecule has 1 aromatic rings. The van der Waals surface area contributed by atoms with E-state index < -0.39 is 5.60 Å². The molecule has 0 radical (unpaired) electrons. The van der Waals surface area contributed by atoms with Crippen molar-refractivity contribution in [3.63, 3.8) is 0 Å². The molecule has 1 unspecified atom stereocenters. The van der Waals surface area contributed by atoms with Crippen molar-refractivity contribution in [1.29, 1.82) is 0 Å². The zero-order valence-corrected chi connectivity index (χ0v) is 14.0. The van der Waals surface area contributed by atoms with Crippen LogP contribution in [-0.4, -0.2) is 36.5 Å². The fourth-order valence-electron chi connectivity index (χ4n) is 2.77. The van der Waals surface area contributed by atoms with Crippen LogP contribution in [0.2, 0.25) is 0 Å². The van der Waals surface area contributed by atoms with Crippen molar-refractivity contribution in [3.05, 3.63) is 24.2 Å². The Hall–Kier alpha value is -1.53. The van der Waals surface area contributed by atoms with E-state index in [0.29, 0.717) is 24.9 Å². The minimum Gasteiger partial charge on any atom is -0.467 e. The van der Waals surface area contributed by atoms with Gasteiger partial charge < -0.3 is 24.9 Å². The molecular weight excluding hydrogens is 296 g/mol. The second kappa shape index (κ2) is 8.36. The molecule has 0 bridgehead atoms. The zero-order chi connectivity index (χ0) is 16.7. The van der Waals surface area contributed by atoms with Gasteiger partial charge in [0.1, 0.15) is 11.8 Å². The smallest absolute Gasteiger partial charge is 0.315 e. The summed E-state index contributed by atoms with van der Waals surface area (Å²) in [6.07, 6.45) is 5.08. The zero-order valence-electron chi connectivity index (χ0n) is 14.0. The second-order valence-electron chi connectivity index (χ2n) is 6.76. The molecule has 6 nitrogen and oxygen atoms in total. The summed E-state index contributed by atoms with van der Waals surface area (Å²) >= 11 is 0. The Balaban J connectivity index is 1.82. The number of hydrogen-bond acceptors (Lipinski definition) is 4. The van der Waals surface area contributed by atoms with E-state index in [1.807, 2.05) is 6.07 Å². The van der Waals surface area contributed by atoms with Crippen LogP contribution in [0.25, 0.3) is 0 Å². The van der Waals surface area contributed by atoms with Crippen molar-refractivity contribution < 1.29 is 19.1 Å². The molecule has 1 fully saturated rings. The van der Waals surface area contributed by atoms with E-state index >= 15 is 0 Å². The van der Waals surface area contributed by atoms with Gasteiger partial charge in [0.05, 0.1) is 18.5 Å². The molecule has 6 heteroatoms. The van der Waals surface area contributed by atoms with E-state index in [4.69, 9.17) is 9.15 Å². The molecule has 0 spiro atoms. The van der Waals surface area contributed by atoms with Gasteiger partial charge in [0, 0.05) is 13.2 Å². The molecule has 2 rings (SSSR count). The van der Waals surface area contributed by atoms with E-state index in [0.717, 1.165) is 25.7 Å². The summed E-state index contributed by atoms with van der Waals surface area (Å²) in [5.74, 6) is 1.08. The number of carbonyl (C=O) groups is 1. The summed E-state index contributed by atoms with van der Waals surface area (Å²) in [6, 6.07) is 2.93. The van der Waals surface area contributed by atoms with E-state index in [2.05, 4.69) is 24.5 Å². The molecule has 3 N–H and O–H groups in total. The molecule has 23 heavy (non-hydrogen) atoms. The first-order chi connectivity index (χ1) is 11.0. The van der Waals surface area contributed by atoms with Crippen LogP contribution in [0.4, 0.5) is 4.79 Å². The number of ether oxygens (including phenoxy) is 1. The average Bonchev–Trinajstić information content (AvgIpc) is 3.16. The summed E-state index contributed by atoms with van der Waals surface area (Å²) in [5, 5.41) is 15.9. The molecule has 0 saturated heterocycles. The number of rotatable bonds is 8. The molecule has 1 aromatic heterocycles. The minimum absolute atomic E-state index is 0.274. The fraction of sp³-hybridized carbons (Fsp3) is 0.706. The van der Waals surface area contributed by atoms with Crippen LogP contribution in [0.3, 0.4) is 0 Å². The number of nitrogens with one attached hydrogen (secondary N) is 2. The lowest BCUT2D eigenvalue weighted by Crippen LogP contribution is -2.46. The van der Waals surface area contributed by atoms with Crippen LogP contribution < -0.4 is 10.6 Å². The first-order valence-electron chi connectivity index (χ1n) is 8.36. The molecule has 0 aromatic carbocycles. The molecule has 1 aliphatic carbocycles. The van der Waals surface area contributed by atoms with Crippen molar-refractivity contribution in [2.75, 3.05) is 19.8 Å². The Labute approximate surface area is 137 Å². The standard InChI is InChI=1S/C17H28N2O4/c1-13(2)10-22-11-14(15-6-5-9-23-15)19-16(20)18-12-17(21)7-3-4-8-17/h5-6,9,13-14,21H,3-4,7-8,10-12H2,1-2H3,(H2,18,19,20). The Morgan fingerprint density at radius 2 is 2.13 bits per heavy atom. The van der Waals surface area contributed by atoms with Crippen molar-refractivity contribution in [3.8, 4) is 0 Å². The van der Waals surface area contributed by atoms with Crippen LogP contribution in [0.15, 0.2) is 22.8 Å². The van der Waals surface area contributed by atoms with Gasteiger partial charge in [0.2, 0.25) is 0 Å². The van der Waals surface area contributed by atoms with Gasteiger partial charge in [-0.2, -0.15) is 0 Å². The molecule has 1 aliphatic rings. The van der Waals surface area contributed by atoms with Crippen LogP contribution in [0.5, 0.6) is 0 Å². The van der Waals surface area contributed by atoms with E-state index in [1.54, 1.807) is 12.3 Å². The highest BCUT2D eigenvalue weighted by Gasteiger charge is 2.31. The number of urea groups is 1. The Bertz CT molecular complexity index is 467. The van der Waals surface area contributed by atoms with Gasteiger partial charge in [0.15, 0.2) is 0 Å². The Morgan fingerprint density at radius 3 is 2.74 bits per heavy atom. The van der Waals surface area contributed by atoms with Crippen LogP contribution in [0.1, 0.15) is 51.3 Å². The molecule has 130 valence electrons. The normalized spacial score (nSPS) is 18.1. The predicted octanol–water partition coefficient (Wildman–Crippen LogP) is 2.60. The number of amides is 2. The highest BCUT2D eigenvalue weighted by atomic mass is 16.5. The maximum atomic E-state index is 12.1. The van der Waals surface area contributed by atoms with Gasteiger partial charge in [-0.25, -0.2) is 4.79 Å². The minimum atomic E-state index is -0.758.